The summed E-state index contributed by atoms with van der Waals surface area (Å²) < 4.78 is 81.4. The van der Waals surface area contributed by atoms with E-state index in [4.69, 9.17) is 14.5 Å². The van der Waals surface area contributed by atoms with Crippen molar-refractivity contribution >= 4 is 32.7 Å². The number of nitrogens with one attached hydrogen (secondary N) is 1. The van der Waals surface area contributed by atoms with E-state index in [1.165, 1.54) is 6.07 Å². The fourth-order valence-electron chi connectivity index (χ4n) is 6.06. The van der Waals surface area contributed by atoms with E-state index in [9.17, 15) is 22.0 Å². The third kappa shape index (κ3) is 8.61. The van der Waals surface area contributed by atoms with E-state index in [1.54, 1.807) is 54.5 Å². The number of hydrogen-bond donors (Lipinski definition) is 1. The minimum Gasteiger partial charge on any atom is -0.444 e. The number of aromatic nitrogens is 3. The molecule has 1 N–H and O–H groups in total. The van der Waals surface area contributed by atoms with E-state index in [2.05, 4.69) is 15.3 Å². The molecule has 1 amide bonds. The van der Waals surface area contributed by atoms with Crippen molar-refractivity contribution in [3.63, 3.8) is 0 Å². The molecule has 1 fully saturated rings. The topological polar surface area (TPSA) is 124 Å². The largest absolute Gasteiger partial charge is 0.444 e. The maximum Gasteiger partial charge on any atom is 0.410 e. The van der Waals surface area contributed by atoms with Crippen LogP contribution in [-0.4, -0.2) is 59.1 Å². The third-order valence-corrected chi connectivity index (χ3v) is 9.94. The van der Waals surface area contributed by atoms with Gasteiger partial charge in [0.2, 0.25) is 11.8 Å². The Morgan fingerprint density at radius 2 is 1.75 bits per heavy atom. The SMILES string of the molecule is Cc1ccc2c(CS(=O)(=O)Cc3ccc(F)cc3F)c(F)ccc2c1Oc1ncccc1-c1ccnc(N[C@H]2CCCN(C(=O)OC(C)(C)C)C2)n1. The monoisotopic (exact) mass is 733 g/mol. The number of halogens is 3. The Bertz CT molecular complexity index is 2250. The molecule has 14 heteroatoms. The molecule has 1 aliphatic heterocycles. The number of likely N-dealkylation sites (tertiary alicyclic amines) is 1. The van der Waals surface area contributed by atoms with Gasteiger partial charge in [-0.2, -0.15) is 0 Å². The van der Waals surface area contributed by atoms with Gasteiger partial charge in [-0.3, -0.25) is 0 Å². The first-order valence-electron chi connectivity index (χ1n) is 16.7. The van der Waals surface area contributed by atoms with Gasteiger partial charge >= 0.3 is 6.09 Å². The molecule has 6 rings (SSSR count). The van der Waals surface area contributed by atoms with E-state index in [0.717, 1.165) is 31.0 Å². The second-order valence-electron chi connectivity index (χ2n) is 13.7. The molecule has 3 heterocycles. The molecule has 2 aromatic heterocycles. The van der Waals surface area contributed by atoms with Crippen LogP contribution in [0.4, 0.5) is 23.9 Å². The van der Waals surface area contributed by atoms with Crippen LogP contribution in [0.2, 0.25) is 0 Å². The number of nitrogens with zero attached hydrogens (tertiary/aromatic N) is 4. The predicted molar refractivity (Wildman–Crippen MR) is 191 cm³/mol. The Morgan fingerprint density at radius 3 is 2.52 bits per heavy atom. The molecule has 10 nitrogen and oxygen atoms in total. The number of anilines is 1. The van der Waals surface area contributed by atoms with Gasteiger partial charge in [0, 0.05) is 54.1 Å². The zero-order valence-electron chi connectivity index (χ0n) is 29.1. The molecule has 272 valence electrons. The van der Waals surface area contributed by atoms with Crippen LogP contribution in [0.25, 0.3) is 22.0 Å². The molecule has 0 radical (unpaired) electrons. The normalized spacial score (nSPS) is 15.1. The molecule has 3 aromatic carbocycles. The molecule has 1 atom stereocenters. The van der Waals surface area contributed by atoms with Crippen molar-refractivity contribution in [3.05, 3.63) is 107 Å². The molecule has 5 aromatic rings. The fourth-order valence-corrected chi connectivity index (χ4v) is 7.61. The van der Waals surface area contributed by atoms with E-state index in [0.29, 0.717) is 58.4 Å². The van der Waals surface area contributed by atoms with Crippen molar-refractivity contribution in [2.75, 3.05) is 18.4 Å². The highest BCUT2D eigenvalue weighted by atomic mass is 32.2. The van der Waals surface area contributed by atoms with Crippen molar-refractivity contribution in [1.82, 2.24) is 19.9 Å². The molecular weight excluding hydrogens is 696 g/mol. The van der Waals surface area contributed by atoms with Crippen LogP contribution in [0.15, 0.2) is 73.1 Å². The number of aryl methyl sites for hydroxylation is 1. The van der Waals surface area contributed by atoms with Gasteiger partial charge in [0.05, 0.1) is 22.8 Å². The summed E-state index contributed by atoms with van der Waals surface area (Å²) in [4.78, 5) is 28.0. The predicted octanol–water partition coefficient (Wildman–Crippen LogP) is 8.14. The lowest BCUT2D eigenvalue weighted by atomic mass is 10.0. The lowest BCUT2D eigenvalue weighted by molar-refractivity contribution is 0.0206. The zero-order chi connectivity index (χ0) is 37.2. The molecule has 1 saturated heterocycles. The van der Waals surface area contributed by atoms with Crippen LogP contribution in [0.1, 0.15) is 50.3 Å². The molecule has 0 spiro atoms. The molecule has 1 aliphatic rings. The standard InChI is InChI=1S/C38H38F3N5O5S/c1-23-9-12-27-28(13-14-31(40)30(27)22-52(48,49)21-24-10-11-25(39)19-32(24)41)34(23)50-35-29(8-5-16-42-35)33-15-17-43-36(45-33)44-26-7-6-18-46(20-26)37(47)51-38(2,3)4/h5,8-17,19,26H,6-7,18,20-22H2,1-4H3,(H,43,44,45)/t26-/m0/s1. The number of carbonyl (C=O) groups excluding carboxylic acids is 1. The number of sulfone groups is 1. The number of amides is 1. The highest BCUT2D eigenvalue weighted by Crippen LogP contribution is 2.38. The average Bonchev–Trinajstić information content (AvgIpc) is 3.08. The second-order valence-corrected chi connectivity index (χ2v) is 15.8. The molecule has 0 aliphatic carbocycles. The number of fused-ring (bicyclic) bond motifs is 1. The van der Waals surface area contributed by atoms with Crippen LogP contribution in [0, 0.1) is 24.4 Å². The lowest BCUT2D eigenvalue weighted by Gasteiger charge is -2.34. The summed E-state index contributed by atoms with van der Waals surface area (Å²) in [6.45, 7) is 8.31. The van der Waals surface area contributed by atoms with E-state index >= 15 is 4.39 Å². The van der Waals surface area contributed by atoms with Gasteiger partial charge in [-0.25, -0.2) is 41.3 Å². The van der Waals surface area contributed by atoms with E-state index in [1.807, 2.05) is 20.8 Å². The Balaban J connectivity index is 1.26. The molecule has 52 heavy (non-hydrogen) atoms. The lowest BCUT2D eigenvalue weighted by Crippen LogP contribution is -2.47. The quantitative estimate of drug-likeness (QED) is 0.160. The minimum atomic E-state index is -4.09. The summed E-state index contributed by atoms with van der Waals surface area (Å²) in [5.74, 6) is -3.16. The first-order chi connectivity index (χ1) is 24.7. The van der Waals surface area contributed by atoms with Gasteiger partial charge < -0.3 is 19.7 Å². The van der Waals surface area contributed by atoms with Gasteiger partial charge in [-0.15, -0.1) is 0 Å². The van der Waals surface area contributed by atoms with Crippen molar-refractivity contribution in [2.24, 2.45) is 0 Å². The fraction of sp³-hybridized carbons (Fsp3) is 0.316. The van der Waals surface area contributed by atoms with E-state index < -0.39 is 44.4 Å². The molecular formula is C38H38F3N5O5S. The van der Waals surface area contributed by atoms with Gasteiger partial charge in [-0.1, -0.05) is 18.2 Å². The highest BCUT2D eigenvalue weighted by Gasteiger charge is 2.28. The number of benzene rings is 3. The first-order valence-corrected chi connectivity index (χ1v) is 18.5. The zero-order valence-corrected chi connectivity index (χ0v) is 29.9. The summed E-state index contributed by atoms with van der Waals surface area (Å²) in [5.41, 5.74) is 0.796. The number of piperidine rings is 1. The van der Waals surface area contributed by atoms with Crippen LogP contribution in [0.5, 0.6) is 11.6 Å². The number of hydrogen-bond acceptors (Lipinski definition) is 9. The summed E-state index contributed by atoms with van der Waals surface area (Å²) in [6, 6.07) is 13.7. The van der Waals surface area contributed by atoms with Crippen molar-refractivity contribution < 1.29 is 35.9 Å². The highest BCUT2D eigenvalue weighted by molar-refractivity contribution is 7.89. The Morgan fingerprint density at radius 1 is 0.962 bits per heavy atom. The van der Waals surface area contributed by atoms with Gasteiger partial charge in [0.25, 0.3) is 0 Å². The summed E-state index contributed by atoms with van der Waals surface area (Å²) in [6.07, 6.45) is 4.38. The summed E-state index contributed by atoms with van der Waals surface area (Å²) >= 11 is 0. The van der Waals surface area contributed by atoms with Gasteiger partial charge in [-0.05, 0) is 87.9 Å². The summed E-state index contributed by atoms with van der Waals surface area (Å²) in [7, 11) is -4.09. The molecule has 0 bridgehead atoms. The van der Waals surface area contributed by atoms with Gasteiger partial charge in [0.1, 0.15) is 28.8 Å². The second kappa shape index (κ2) is 14.8. The van der Waals surface area contributed by atoms with Crippen LogP contribution >= 0.6 is 0 Å². The average molecular weight is 734 g/mol. The van der Waals surface area contributed by atoms with Crippen molar-refractivity contribution in [3.8, 4) is 22.9 Å². The smallest absolute Gasteiger partial charge is 0.410 e. The minimum absolute atomic E-state index is 0.104. The van der Waals surface area contributed by atoms with Crippen LogP contribution in [0.3, 0.4) is 0 Å². The Hall–Kier alpha value is -5.24. The van der Waals surface area contributed by atoms with Crippen LogP contribution in [-0.2, 0) is 26.1 Å². The summed E-state index contributed by atoms with van der Waals surface area (Å²) in [5, 5.41) is 4.07. The number of rotatable bonds is 9. The number of ether oxygens (including phenoxy) is 2. The Kier molecular flexibility index (Phi) is 10.4. The van der Waals surface area contributed by atoms with Crippen molar-refractivity contribution in [1.29, 1.82) is 0 Å². The van der Waals surface area contributed by atoms with Crippen molar-refractivity contribution in [2.45, 2.75) is 63.7 Å². The first kappa shape index (κ1) is 36.5. The third-order valence-electron chi connectivity index (χ3n) is 8.47. The van der Waals surface area contributed by atoms with Gasteiger partial charge in [0.15, 0.2) is 9.84 Å². The molecule has 0 saturated carbocycles. The Labute approximate surface area is 300 Å². The molecule has 0 unspecified atom stereocenters. The van der Waals surface area contributed by atoms with E-state index in [-0.39, 0.29) is 29.1 Å². The number of pyridine rings is 1. The maximum atomic E-state index is 15.3. The number of carbonyl (C=O) groups is 1. The van der Waals surface area contributed by atoms with Crippen LogP contribution < -0.4 is 10.1 Å². The maximum absolute atomic E-state index is 15.3.